The van der Waals surface area contributed by atoms with E-state index >= 15 is 0 Å². The van der Waals surface area contributed by atoms with Crippen molar-refractivity contribution in [2.75, 3.05) is 5.88 Å². The Bertz CT molecular complexity index is 361. The summed E-state index contributed by atoms with van der Waals surface area (Å²) in [6.07, 6.45) is 0.0218. The normalized spacial score (nSPS) is 10.4. The smallest absolute Gasteiger partial charge is 0.181 e. The molecule has 0 heterocycles. The number of carbonyl (C=O) groups excluding carboxylic acids is 1. The number of aromatic hydroxyl groups is 1. The summed E-state index contributed by atoms with van der Waals surface area (Å²) < 4.78 is 5.40. The Balaban J connectivity index is 3.00. The molecule has 0 fully saturated rings. The Kier molecular flexibility index (Phi) is 3.97. The number of halogens is 1. The van der Waals surface area contributed by atoms with Crippen LogP contribution in [0.5, 0.6) is 11.5 Å². The average molecular weight is 229 g/mol. The third-order valence-corrected chi connectivity index (χ3v) is 2.00. The number of benzene rings is 1. The molecule has 0 aromatic heterocycles. The summed E-state index contributed by atoms with van der Waals surface area (Å²) in [4.78, 5) is 11.3. The number of carbonyl (C=O) groups is 1. The van der Waals surface area contributed by atoms with Crippen LogP contribution in [-0.2, 0) is 0 Å². The van der Waals surface area contributed by atoms with E-state index < -0.39 is 0 Å². The molecule has 0 aliphatic heterocycles. The number of ketones is 1. The molecular formula is C11H13ClO3. The number of hydrogen-bond acceptors (Lipinski definition) is 3. The van der Waals surface area contributed by atoms with Crippen molar-refractivity contribution in [1.29, 1.82) is 0 Å². The van der Waals surface area contributed by atoms with Crippen LogP contribution in [-0.4, -0.2) is 22.9 Å². The van der Waals surface area contributed by atoms with Crippen LogP contribution in [0.25, 0.3) is 0 Å². The molecule has 0 saturated heterocycles. The van der Waals surface area contributed by atoms with Crippen LogP contribution < -0.4 is 4.74 Å². The van der Waals surface area contributed by atoms with Gasteiger partial charge in [0, 0.05) is 0 Å². The summed E-state index contributed by atoms with van der Waals surface area (Å²) in [6, 6.07) is 4.54. The molecule has 1 aromatic rings. The van der Waals surface area contributed by atoms with Gasteiger partial charge in [-0.1, -0.05) is 0 Å². The molecule has 0 aliphatic rings. The summed E-state index contributed by atoms with van der Waals surface area (Å²) in [6.45, 7) is 3.77. The molecule has 0 amide bonds. The van der Waals surface area contributed by atoms with Gasteiger partial charge >= 0.3 is 0 Å². The number of phenols is 1. The van der Waals surface area contributed by atoms with Crippen LogP contribution in [0.1, 0.15) is 24.2 Å². The Hall–Kier alpha value is -1.22. The first-order valence-electron chi connectivity index (χ1n) is 4.63. The Morgan fingerprint density at radius 3 is 2.73 bits per heavy atom. The molecule has 15 heavy (non-hydrogen) atoms. The van der Waals surface area contributed by atoms with Crippen molar-refractivity contribution in [3.05, 3.63) is 23.8 Å². The lowest BCUT2D eigenvalue weighted by Gasteiger charge is -2.11. The van der Waals surface area contributed by atoms with Crippen molar-refractivity contribution >= 4 is 17.4 Å². The van der Waals surface area contributed by atoms with Crippen molar-refractivity contribution in [2.24, 2.45) is 0 Å². The van der Waals surface area contributed by atoms with Gasteiger partial charge < -0.3 is 9.84 Å². The standard InChI is InChI=1S/C11H13ClO3/c1-7(2)15-8-3-4-10(13)9(5-8)11(14)6-12/h3-5,7,13H,6H2,1-2H3. The first-order valence-corrected chi connectivity index (χ1v) is 5.17. The highest BCUT2D eigenvalue weighted by Gasteiger charge is 2.11. The maximum atomic E-state index is 11.3. The first-order chi connectivity index (χ1) is 7.04. The fraction of sp³-hybridized carbons (Fsp3) is 0.364. The number of alkyl halides is 1. The van der Waals surface area contributed by atoms with Crippen LogP contribution in [0.3, 0.4) is 0 Å². The van der Waals surface area contributed by atoms with Crippen molar-refractivity contribution in [3.63, 3.8) is 0 Å². The predicted molar refractivity (Wildman–Crippen MR) is 58.9 cm³/mol. The summed E-state index contributed by atoms with van der Waals surface area (Å²) in [5.41, 5.74) is 0.197. The summed E-state index contributed by atoms with van der Waals surface area (Å²) >= 11 is 5.42. The lowest BCUT2D eigenvalue weighted by molar-refractivity contribution is 0.101. The second kappa shape index (κ2) is 5.03. The molecule has 0 unspecified atom stereocenters. The minimum Gasteiger partial charge on any atom is -0.507 e. The number of phenolic OH excluding ortho intramolecular Hbond substituents is 1. The molecule has 0 aliphatic carbocycles. The first kappa shape index (κ1) is 11.9. The van der Waals surface area contributed by atoms with Gasteiger partial charge in [-0.3, -0.25) is 4.79 Å². The van der Waals surface area contributed by atoms with Crippen molar-refractivity contribution in [3.8, 4) is 11.5 Å². The summed E-state index contributed by atoms with van der Waals surface area (Å²) in [5, 5.41) is 9.44. The van der Waals surface area contributed by atoms with Gasteiger partial charge in [-0.25, -0.2) is 0 Å². The van der Waals surface area contributed by atoms with Gasteiger partial charge in [-0.2, -0.15) is 0 Å². The molecule has 0 saturated carbocycles. The zero-order valence-corrected chi connectivity index (χ0v) is 9.41. The van der Waals surface area contributed by atoms with Crippen LogP contribution in [0, 0.1) is 0 Å². The number of Topliss-reactive ketones (excluding diaryl/α,β-unsaturated/α-hetero) is 1. The van der Waals surface area contributed by atoms with E-state index in [0.29, 0.717) is 5.75 Å². The summed E-state index contributed by atoms with van der Waals surface area (Å²) in [7, 11) is 0. The van der Waals surface area contributed by atoms with Gasteiger partial charge in [-0.05, 0) is 32.0 Å². The summed E-state index contributed by atoms with van der Waals surface area (Å²) in [5.74, 6) is 0.00925. The molecule has 1 N–H and O–H groups in total. The molecule has 4 heteroatoms. The van der Waals surface area contributed by atoms with E-state index in [1.54, 1.807) is 6.07 Å². The minimum atomic E-state index is -0.316. The SMILES string of the molecule is CC(C)Oc1ccc(O)c(C(=O)CCl)c1. The fourth-order valence-electron chi connectivity index (χ4n) is 1.16. The van der Waals surface area contributed by atoms with Crippen molar-refractivity contribution < 1.29 is 14.6 Å². The quantitative estimate of drug-likeness (QED) is 0.637. The monoisotopic (exact) mass is 228 g/mol. The molecule has 3 nitrogen and oxygen atoms in total. The molecule has 82 valence electrons. The highest BCUT2D eigenvalue weighted by atomic mass is 35.5. The second-order valence-electron chi connectivity index (χ2n) is 3.40. The minimum absolute atomic E-state index is 0.0218. The molecule has 0 atom stereocenters. The van der Waals surface area contributed by atoms with E-state index in [0.717, 1.165) is 0 Å². The fourth-order valence-corrected chi connectivity index (χ4v) is 1.30. The van der Waals surface area contributed by atoms with Gasteiger partial charge in [-0.15, -0.1) is 11.6 Å². The number of hydrogen-bond donors (Lipinski definition) is 1. The Morgan fingerprint density at radius 1 is 1.53 bits per heavy atom. The lowest BCUT2D eigenvalue weighted by atomic mass is 10.1. The maximum absolute atomic E-state index is 11.3. The molecule has 1 aromatic carbocycles. The van der Waals surface area contributed by atoms with Crippen molar-refractivity contribution in [2.45, 2.75) is 20.0 Å². The average Bonchev–Trinajstić information content (AvgIpc) is 2.19. The number of rotatable bonds is 4. The third-order valence-electron chi connectivity index (χ3n) is 1.76. The lowest BCUT2D eigenvalue weighted by Crippen LogP contribution is -2.07. The van der Waals surface area contributed by atoms with Crippen LogP contribution in [0.2, 0.25) is 0 Å². The Labute approximate surface area is 93.6 Å². The van der Waals surface area contributed by atoms with Crippen LogP contribution in [0.15, 0.2) is 18.2 Å². The molecule has 1 rings (SSSR count). The van der Waals surface area contributed by atoms with E-state index in [1.807, 2.05) is 13.8 Å². The molecule has 0 bridgehead atoms. The zero-order valence-electron chi connectivity index (χ0n) is 8.66. The highest BCUT2D eigenvalue weighted by Crippen LogP contribution is 2.24. The van der Waals surface area contributed by atoms with E-state index in [1.165, 1.54) is 12.1 Å². The number of ether oxygens (including phenoxy) is 1. The van der Waals surface area contributed by atoms with E-state index in [2.05, 4.69) is 0 Å². The molecular weight excluding hydrogens is 216 g/mol. The highest BCUT2D eigenvalue weighted by molar-refractivity contribution is 6.30. The van der Waals surface area contributed by atoms with Crippen LogP contribution in [0.4, 0.5) is 0 Å². The van der Waals surface area contributed by atoms with Gasteiger partial charge in [0.25, 0.3) is 0 Å². The Morgan fingerprint density at radius 2 is 2.20 bits per heavy atom. The predicted octanol–water partition coefficient (Wildman–Crippen LogP) is 2.60. The van der Waals surface area contributed by atoms with E-state index in [-0.39, 0.29) is 29.1 Å². The van der Waals surface area contributed by atoms with E-state index in [4.69, 9.17) is 16.3 Å². The third kappa shape index (κ3) is 3.13. The second-order valence-corrected chi connectivity index (χ2v) is 3.67. The van der Waals surface area contributed by atoms with Crippen molar-refractivity contribution in [1.82, 2.24) is 0 Å². The topological polar surface area (TPSA) is 46.5 Å². The molecule has 0 spiro atoms. The maximum Gasteiger partial charge on any atom is 0.181 e. The molecule has 0 radical (unpaired) electrons. The largest absolute Gasteiger partial charge is 0.507 e. The van der Waals surface area contributed by atoms with Gasteiger partial charge in [0.15, 0.2) is 5.78 Å². The van der Waals surface area contributed by atoms with Gasteiger partial charge in [0.2, 0.25) is 0 Å². The van der Waals surface area contributed by atoms with Gasteiger partial charge in [0.05, 0.1) is 17.5 Å². The van der Waals surface area contributed by atoms with Gasteiger partial charge in [0.1, 0.15) is 11.5 Å². The van der Waals surface area contributed by atoms with E-state index in [9.17, 15) is 9.90 Å². The van der Waals surface area contributed by atoms with Crippen LogP contribution >= 0.6 is 11.6 Å². The zero-order chi connectivity index (χ0) is 11.4.